The molecule has 0 aliphatic carbocycles. The van der Waals surface area contributed by atoms with Crippen molar-refractivity contribution in [1.82, 2.24) is 4.98 Å². The summed E-state index contributed by atoms with van der Waals surface area (Å²) in [5.74, 6) is 0. The molecule has 84 valence electrons. The Morgan fingerprint density at radius 2 is 2.06 bits per heavy atom. The first-order chi connectivity index (χ1) is 7.78. The van der Waals surface area contributed by atoms with E-state index in [9.17, 15) is 0 Å². The summed E-state index contributed by atoms with van der Waals surface area (Å²) in [6.07, 6.45) is 2.36. The Kier molecular flexibility index (Phi) is 3.22. The Hall–Kier alpha value is -1.81. The summed E-state index contributed by atoms with van der Waals surface area (Å²) in [5, 5.41) is 3.09. The number of aromatic nitrogens is 1. The van der Waals surface area contributed by atoms with E-state index in [-0.39, 0.29) is 0 Å². The molecule has 0 spiro atoms. The SMILES string of the molecule is Cc1ccc(Nc2nc(CCN)co2)cc1. The Bertz CT molecular complexity index is 448. The fourth-order valence-corrected chi connectivity index (χ4v) is 1.39. The number of nitrogens with two attached hydrogens (primary N) is 1. The summed E-state index contributed by atoms with van der Waals surface area (Å²) in [5.41, 5.74) is 8.50. The topological polar surface area (TPSA) is 64.1 Å². The van der Waals surface area contributed by atoms with Gasteiger partial charge in [0.2, 0.25) is 0 Å². The van der Waals surface area contributed by atoms with E-state index >= 15 is 0 Å². The monoisotopic (exact) mass is 217 g/mol. The number of nitrogens with zero attached hydrogens (tertiary/aromatic N) is 1. The zero-order chi connectivity index (χ0) is 11.4. The van der Waals surface area contributed by atoms with Crippen molar-refractivity contribution < 1.29 is 4.42 Å². The summed E-state index contributed by atoms with van der Waals surface area (Å²) in [7, 11) is 0. The highest BCUT2D eigenvalue weighted by atomic mass is 16.4. The molecule has 0 unspecified atom stereocenters. The first-order valence-electron chi connectivity index (χ1n) is 5.26. The van der Waals surface area contributed by atoms with Gasteiger partial charge in [-0.3, -0.25) is 0 Å². The maximum Gasteiger partial charge on any atom is 0.299 e. The molecule has 0 bridgehead atoms. The minimum Gasteiger partial charge on any atom is -0.432 e. The van der Waals surface area contributed by atoms with Gasteiger partial charge in [0.05, 0.1) is 5.69 Å². The summed E-state index contributed by atoms with van der Waals surface area (Å²) < 4.78 is 5.27. The maximum absolute atomic E-state index is 5.44. The van der Waals surface area contributed by atoms with E-state index in [2.05, 4.69) is 10.3 Å². The predicted octanol–water partition coefficient (Wildman–Crippen LogP) is 2.23. The Labute approximate surface area is 94.5 Å². The fraction of sp³-hybridized carbons (Fsp3) is 0.250. The molecule has 16 heavy (non-hydrogen) atoms. The molecule has 2 rings (SSSR count). The fourth-order valence-electron chi connectivity index (χ4n) is 1.39. The van der Waals surface area contributed by atoms with Crippen molar-refractivity contribution >= 4 is 11.7 Å². The van der Waals surface area contributed by atoms with Gasteiger partial charge in [0.15, 0.2) is 0 Å². The molecule has 0 fully saturated rings. The molecule has 0 radical (unpaired) electrons. The zero-order valence-corrected chi connectivity index (χ0v) is 9.23. The predicted molar refractivity (Wildman–Crippen MR) is 63.7 cm³/mol. The van der Waals surface area contributed by atoms with Crippen LogP contribution >= 0.6 is 0 Å². The quantitative estimate of drug-likeness (QED) is 0.824. The van der Waals surface area contributed by atoms with Crippen LogP contribution in [-0.2, 0) is 6.42 Å². The van der Waals surface area contributed by atoms with E-state index < -0.39 is 0 Å². The highest BCUT2D eigenvalue weighted by Gasteiger charge is 2.02. The smallest absolute Gasteiger partial charge is 0.299 e. The van der Waals surface area contributed by atoms with E-state index in [1.54, 1.807) is 6.26 Å². The third-order valence-corrected chi connectivity index (χ3v) is 2.26. The molecule has 3 N–H and O–H groups in total. The number of benzene rings is 1. The lowest BCUT2D eigenvalue weighted by Crippen LogP contribution is -2.02. The van der Waals surface area contributed by atoms with Crippen molar-refractivity contribution in [2.24, 2.45) is 5.73 Å². The van der Waals surface area contributed by atoms with Crippen LogP contribution < -0.4 is 11.1 Å². The van der Waals surface area contributed by atoms with Gasteiger partial charge in [0, 0.05) is 12.1 Å². The van der Waals surface area contributed by atoms with Crippen LogP contribution in [0.1, 0.15) is 11.3 Å². The van der Waals surface area contributed by atoms with Crippen molar-refractivity contribution in [3.8, 4) is 0 Å². The second kappa shape index (κ2) is 4.81. The molecule has 0 saturated heterocycles. The number of aryl methyl sites for hydroxylation is 1. The highest BCUT2D eigenvalue weighted by Crippen LogP contribution is 2.16. The van der Waals surface area contributed by atoms with Gasteiger partial charge in [-0.1, -0.05) is 17.7 Å². The van der Waals surface area contributed by atoms with Crippen LogP contribution in [0.15, 0.2) is 34.9 Å². The Balaban J connectivity index is 2.05. The van der Waals surface area contributed by atoms with Crippen LogP contribution in [0.4, 0.5) is 11.7 Å². The minimum absolute atomic E-state index is 0.507. The zero-order valence-electron chi connectivity index (χ0n) is 9.23. The molecular formula is C12H15N3O. The molecule has 4 nitrogen and oxygen atoms in total. The third-order valence-electron chi connectivity index (χ3n) is 2.26. The molecule has 2 aromatic rings. The van der Waals surface area contributed by atoms with Gasteiger partial charge in [0.1, 0.15) is 6.26 Å². The lowest BCUT2D eigenvalue weighted by atomic mass is 10.2. The summed E-state index contributed by atoms with van der Waals surface area (Å²) in [6.45, 7) is 2.63. The number of anilines is 2. The van der Waals surface area contributed by atoms with Gasteiger partial charge in [-0.2, -0.15) is 4.98 Å². The molecule has 1 aromatic carbocycles. The van der Waals surface area contributed by atoms with Crippen molar-refractivity contribution in [2.75, 3.05) is 11.9 Å². The van der Waals surface area contributed by atoms with E-state index in [1.165, 1.54) is 5.56 Å². The average Bonchev–Trinajstić information content (AvgIpc) is 2.70. The molecule has 0 saturated carbocycles. The van der Waals surface area contributed by atoms with Crippen molar-refractivity contribution in [1.29, 1.82) is 0 Å². The largest absolute Gasteiger partial charge is 0.432 e. The van der Waals surface area contributed by atoms with E-state index in [1.807, 2.05) is 31.2 Å². The number of hydrogen-bond donors (Lipinski definition) is 2. The normalized spacial score (nSPS) is 10.4. The van der Waals surface area contributed by atoms with E-state index in [0.717, 1.165) is 17.8 Å². The number of oxazole rings is 1. The van der Waals surface area contributed by atoms with Crippen LogP contribution in [0.3, 0.4) is 0 Å². The van der Waals surface area contributed by atoms with Gasteiger partial charge < -0.3 is 15.5 Å². The molecule has 4 heteroatoms. The minimum atomic E-state index is 0.507. The molecule has 0 atom stereocenters. The Morgan fingerprint density at radius 1 is 1.31 bits per heavy atom. The summed E-state index contributed by atoms with van der Waals surface area (Å²) in [4.78, 5) is 4.26. The second-order valence-electron chi connectivity index (χ2n) is 3.67. The van der Waals surface area contributed by atoms with Gasteiger partial charge in [-0.05, 0) is 25.6 Å². The van der Waals surface area contributed by atoms with Crippen molar-refractivity contribution in [3.05, 3.63) is 41.8 Å². The first-order valence-corrected chi connectivity index (χ1v) is 5.26. The third kappa shape index (κ3) is 2.61. The molecule has 0 aliphatic rings. The van der Waals surface area contributed by atoms with Crippen LogP contribution in [0.25, 0.3) is 0 Å². The highest BCUT2D eigenvalue weighted by molar-refractivity contribution is 5.52. The summed E-state index contributed by atoms with van der Waals surface area (Å²) >= 11 is 0. The molecule has 0 aliphatic heterocycles. The lowest BCUT2D eigenvalue weighted by molar-refractivity contribution is 0.575. The first kappa shape index (κ1) is 10.7. The number of rotatable bonds is 4. The van der Waals surface area contributed by atoms with Gasteiger partial charge in [-0.15, -0.1) is 0 Å². The standard InChI is InChI=1S/C12H15N3O/c1-9-2-4-10(5-3-9)14-12-15-11(6-7-13)8-16-12/h2-5,8H,6-7,13H2,1H3,(H,14,15). The average molecular weight is 217 g/mol. The Morgan fingerprint density at radius 3 is 2.75 bits per heavy atom. The van der Waals surface area contributed by atoms with Crippen LogP contribution in [-0.4, -0.2) is 11.5 Å². The van der Waals surface area contributed by atoms with Gasteiger partial charge in [0.25, 0.3) is 6.01 Å². The van der Waals surface area contributed by atoms with E-state index in [0.29, 0.717) is 12.6 Å². The molecule has 1 aromatic heterocycles. The molecule has 1 heterocycles. The second-order valence-corrected chi connectivity index (χ2v) is 3.67. The van der Waals surface area contributed by atoms with Crippen molar-refractivity contribution in [3.63, 3.8) is 0 Å². The van der Waals surface area contributed by atoms with Crippen LogP contribution in [0.5, 0.6) is 0 Å². The summed E-state index contributed by atoms with van der Waals surface area (Å²) in [6, 6.07) is 8.55. The van der Waals surface area contributed by atoms with Crippen LogP contribution in [0, 0.1) is 6.92 Å². The number of hydrogen-bond acceptors (Lipinski definition) is 4. The number of nitrogens with one attached hydrogen (secondary N) is 1. The van der Waals surface area contributed by atoms with E-state index in [4.69, 9.17) is 10.2 Å². The van der Waals surface area contributed by atoms with Gasteiger partial charge in [-0.25, -0.2) is 0 Å². The van der Waals surface area contributed by atoms with Gasteiger partial charge >= 0.3 is 0 Å². The molecular weight excluding hydrogens is 202 g/mol. The maximum atomic E-state index is 5.44. The lowest BCUT2D eigenvalue weighted by Gasteiger charge is -2.01. The van der Waals surface area contributed by atoms with Crippen molar-refractivity contribution in [2.45, 2.75) is 13.3 Å². The van der Waals surface area contributed by atoms with Crippen LogP contribution in [0.2, 0.25) is 0 Å². The molecule has 0 amide bonds.